The maximum absolute atomic E-state index is 12.2. The minimum absolute atomic E-state index is 0.240. The molecule has 0 radical (unpaired) electrons. The fourth-order valence-electron chi connectivity index (χ4n) is 2.53. The van der Waals surface area contributed by atoms with E-state index in [1.807, 2.05) is 29.2 Å². The van der Waals surface area contributed by atoms with Crippen LogP contribution in [0.3, 0.4) is 0 Å². The summed E-state index contributed by atoms with van der Waals surface area (Å²) in [6.07, 6.45) is 2.66. The summed E-state index contributed by atoms with van der Waals surface area (Å²) in [5.41, 5.74) is 1.07. The van der Waals surface area contributed by atoms with Gasteiger partial charge in [0.15, 0.2) is 0 Å². The summed E-state index contributed by atoms with van der Waals surface area (Å²) < 4.78 is 0. The van der Waals surface area contributed by atoms with Crippen LogP contribution in [0.4, 0.5) is 0 Å². The maximum Gasteiger partial charge on any atom is 0.226 e. The van der Waals surface area contributed by atoms with Crippen molar-refractivity contribution in [1.82, 2.24) is 9.80 Å². The van der Waals surface area contributed by atoms with E-state index in [4.69, 9.17) is 0 Å². The number of benzene rings is 1. The minimum Gasteiger partial charge on any atom is -0.342 e. The van der Waals surface area contributed by atoms with E-state index < -0.39 is 0 Å². The first kappa shape index (κ1) is 14.4. The molecular weight excluding hydrogens is 256 g/mol. The van der Waals surface area contributed by atoms with Crippen LogP contribution in [0.25, 0.3) is 0 Å². The second-order valence-electron chi connectivity index (χ2n) is 5.42. The Morgan fingerprint density at radius 2 is 1.84 bits per heavy atom. The molecule has 1 aliphatic rings. The molecule has 2 rings (SSSR count). The van der Waals surface area contributed by atoms with Crippen molar-refractivity contribution >= 4 is 18.5 Å². The Kier molecular flexibility index (Phi) is 4.88. The van der Waals surface area contributed by atoms with Crippen molar-refractivity contribution in [3.63, 3.8) is 0 Å². The predicted molar refractivity (Wildman–Crippen MR) is 80.7 cm³/mol. The Balaban J connectivity index is 1.86. The Bertz CT molecular complexity index is 422. The van der Waals surface area contributed by atoms with Crippen molar-refractivity contribution in [3.05, 3.63) is 29.8 Å². The third-order valence-corrected chi connectivity index (χ3v) is 4.14. The van der Waals surface area contributed by atoms with Crippen LogP contribution in [-0.2, 0) is 11.2 Å². The average Bonchev–Trinajstić information content (AvgIpc) is 2.41. The van der Waals surface area contributed by atoms with Gasteiger partial charge in [0, 0.05) is 24.0 Å². The number of carbonyl (C=O) groups is 1. The van der Waals surface area contributed by atoms with Gasteiger partial charge < -0.3 is 9.80 Å². The molecule has 0 aromatic heterocycles. The molecule has 19 heavy (non-hydrogen) atoms. The number of rotatable bonds is 3. The summed E-state index contributed by atoms with van der Waals surface area (Å²) in [7, 11) is 4.22. The van der Waals surface area contributed by atoms with E-state index in [1.165, 1.54) is 0 Å². The number of carbonyl (C=O) groups excluding carboxylic acids is 1. The van der Waals surface area contributed by atoms with Crippen molar-refractivity contribution in [2.45, 2.75) is 30.2 Å². The van der Waals surface area contributed by atoms with Gasteiger partial charge in [-0.25, -0.2) is 0 Å². The predicted octanol–water partition coefficient (Wildman–Crippen LogP) is 2.07. The summed E-state index contributed by atoms with van der Waals surface area (Å²) in [5.74, 6) is 0.240. The zero-order valence-corrected chi connectivity index (χ0v) is 12.6. The van der Waals surface area contributed by atoms with Crippen LogP contribution in [0, 0.1) is 0 Å². The number of amides is 1. The number of nitrogens with zero attached hydrogens (tertiary/aromatic N) is 2. The molecule has 0 atom stereocenters. The lowest BCUT2D eigenvalue weighted by molar-refractivity contribution is -0.131. The molecule has 1 saturated heterocycles. The van der Waals surface area contributed by atoms with Crippen molar-refractivity contribution in [1.29, 1.82) is 0 Å². The molecule has 4 heteroatoms. The summed E-state index contributed by atoms with van der Waals surface area (Å²) in [5, 5.41) is 0. The highest BCUT2D eigenvalue weighted by Gasteiger charge is 2.23. The number of hydrogen-bond donors (Lipinski definition) is 1. The topological polar surface area (TPSA) is 23.6 Å². The first-order valence-corrected chi connectivity index (χ1v) is 7.23. The van der Waals surface area contributed by atoms with Crippen LogP contribution in [0.15, 0.2) is 29.2 Å². The van der Waals surface area contributed by atoms with Crippen molar-refractivity contribution < 1.29 is 4.79 Å². The van der Waals surface area contributed by atoms with Gasteiger partial charge in [0.2, 0.25) is 5.91 Å². The molecule has 0 spiro atoms. The van der Waals surface area contributed by atoms with Crippen molar-refractivity contribution in [2.24, 2.45) is 0 Å². The van der Waals surface area contributed by atoms with E-state index in [1.54, 1.807) is 0 Å². The highest BCUT2D eigenvalue weighted by atomic mass is 32.1. The normalized spacial score (nSPS) is 16.9. The first-order chi connectivity index (χ1) is 9.06. The number of thiol groups is 1. The van der Waals surface area contributed by atoms with Crippen LogP contribution in [0.5, 0.6) is 0 Å². The first-order valence-electron chi connectivity index (χ1n) is 6.78. The van der Waals surface area contributed by atoms with Gasteiger partial charge in [-0.15, -0.1) is 12.6 Å². The van der Waals surface area contributed by atoms with Gasteiger partial charge in [-0.05, 0) is 44.6 Å². The Morgan fingerprint density at radius 1 is 1.26 bits per heavy atom. The lowest BCUT2D eigenvalue weighted by Crippen LogP contribution is -2.44. The second-order valence-corrected chi connectivity index (χ2v) is 5.94. The van der Waals surface area contributed by atoms with Crippen LogP contribution in [0.2, 0.25) is 0 Å². The lowest BCUT2D eigenvalue weighted by Gasteiger charge is -2.35. The lowest BCUT2D eigenvalue weighted by atomic mass is 10.0. The fourth-order valence-corrected chi connectivity index (χ4v) is 2.68. The molecule has 1 fully saturated rings. The van der Waals surface area contributed by atoms with Gasteiger partial charge in [0.25, 0.3) is 0 Å². The molecule has 0 saturated carbocycles. The highest BCUT2D eigenvalue weighted by molar-refractivity contribution is 7.80. The zero-order valence-electron chi connectivity index (χ0n) is 11.7. The van der Waals surface area contributed by atoms with Gasteiger partial charge in [0.05, 0.1) is 6.42 Å². The van der Waals surface area contributed by atoms with Gasteiger partial charge in [0.1, 0.15) is 0 Å². The van der Waals surface area contributed by atoms with E-state index >= 15 is 0 Å². The smallest absolute Gasteiger partial charge is 0.226 e. The van der Waals surface area contributed by atoms with Crippen LogP contribution < -0.4 is 0 Å². The van der Waals surface area contributed by atoms with Gasteiger partial charge >= 0.3 is 0 Å². The summed E-state index contributed by atoms with van der Waals surface area (Å²) in [6.45, 7) is 1.76. The Labute approximate surface area is 121 Å². The van der Waals surface area contributed by atoms with Crippen LogP contribution in [0.1, 0.15) is 18.4 Å². The molecule has 0 aliphatic carbocycles. The standard InChI is InChI=1S/C15H22N2OS/c1-16(2)13-7-9-17(10-8-13)15(18)11-12-3-5-14(19)6-4-12/h3-6,13,19H,7-11H2,1-2H3. The SMILES string of the molecule is CN(C)C1CCN(C(=O)Cc2ccc(S)cc2)CC1. The van der Waals surface area contributed by atoms with Crippen molar-refractivity contribution in [2.75, 3.05) is 27.2 Å². The molecule has 0 N–H and O–H groups in total. The number of piperidine rings is 1. The zero-order chi connectivity index (χ0) is 13.8. The Hall–Kier alpha value is -1.00. The van der Waals surface area contributed by atoms with E-state index in [2.05, 4.69) is 31.6 Å². The molecular formula is C15H22N2OS. The molecule has 0 unspecified atom stereocenters. The molecule has 1 heterocycles. The van der Waals surface area contributed by atoms with Gasteiger partial charge in [-0.2, -0.15) is 0 Å². The number of hydrogen-bond acceptors (Lipinski definition) is 3. The molecule has 1 aliphatic heterocycles. The van der Waals surface area contributed by atoms with E-state index in [0.717, 1.165) is 36.4 Å². The molecule has 3 nitrogen and oxygen atoms in total. The average molecular weight is 278 g/mol. The van der Waals surface area contributed by atoms with Gasteiger partial charge in [-0.3, -0.25) is 4.79 Å². The van der Waals surface area contributed by atoms with E-state index in [-0.39, 0.29) is 5.91 Å². The molecule has 1 amide bonds. The minimum atomic E-state index is 0.240. The summed E-state index contributed by atoms with van der Waals surface area (Å²) in [6, 6.07) is 8.45. The van der Waals surface area contributed by atoms with Crippen LogP contribution >= 0.6 is 12.6 Å². The molecule has 1 aromatic carbocycles. The third kappa shape index (κ3) is 3.98. The third-order valence-electron chi connectivity index (χ3n) is 3.84. The quantitative estimate of drug-likeness (QED) is 0.856. The highest BCUT2D eigenvalue weighted by Crippen LogP contribution is 2.16. The molecule has 0 bridgehead atoms. The fraction of sp³-hybridized carbons (Fsp3) is 0.533. The molecule has 104 valence electrons. The van der Waals surface area contributed by atoms with E-state index in [0.29, 0.717) is 12.5 Å². The summed E-state index contributed by atoms with van der Waals surface area (Å²) in [4.78, 5) is 17.4. The van der Waals surface area contributed by atoms with Crippen molar-refractivity contribution in [3.8, 4) is 0 Å². The monoisotopic (exact) mass is 278 g/mol. The molecule has 1 aromatic rings. The second kappa shape index (κ2) is 6.44. The van der Waals surface area contributed by atoms with Crippen LogP contribution in [-0.4, -0.2) is 48.9 Å². The summed E-state index contributed by atoms with van der Waals surface area (Å²) >= 11 is 4.25. The number of likely N-dealkylation sites (tertiary alicyclic amines) is 1. The Morgan fingerprint density at radius 3 is 2.37 bits per heavy atom. The maximum atomic E-state index is 12.2. The van der Waals surface area contributed by atoms with Gasteiger partial charge in [-0.1, -0.05) is 12.1 Å². The van der Waals surface area contributed by atoms with E-state index in [9.17, 15) is 4.79 Å². The largest absolute Gasteiger partial charge is 0.342 e.